The van der Waals surface area contributed by atoms with Crippen molar-refractivity contribution in [2.75, 3.05) is 0 Å². The molecule has 0 radical (unpaired) electrons. The third-order valence-corrected chi connectivity index (χ3v) is 3.48. The van der Waals surface area contributed by atoms with Gasteiger partial charge < -0.3 is 5.11 Å². The van der Waals surface area contributed by atoms with Gasteiger partial charge in [-0.15, -0.1) is 11.3 Å². The van der Waals surface area contributed by atoms with E-state index in [0.29, 0.717) is 0 Å². The second kappa shape index (κ2) is 4.26. The minimum absolute atomic E-state index is 0.114. The highest BCUT2D eigenvalue weighted by atomic mass is 79.9. The molecule has 0 amide bonds. The largest absolute Gasteiger partial charge is 0.391 e. The van der Waals surface area contributed by atoms with Crippen molar-refractivity contribution < 1.29 is 5.11 Å². The number of rotatable bonds is 2. The Bertz CT molecular complexity index is 419. The molecule has 1 aromatic carbocycles. The van der Waals surface area contributed by atoms with Crippen LogP contribution in [0.25, 0.3) is 11.1 Å². The summed E-state index contributed by atoms with van der Waals surface area (Å²) in [6, 6.07) is 10.2. The molecule has 0 atom stereocenters. The molecule has 2 aromatic rings. The number of aliphatic hydroxyl groups is 1. The van der Waals surface area contributed by atoms with Crippen LogP contribution in [0.4, 0.5) is 0 Å². The summed E-state index contributed by atoms with van der Waals surface area (Å²) < 4.78 is 1.07. The van der Waals surface area contributed by atoms with Gasteiger partial charge in [0.1, 0.15) is 0 Å². The fraction of sp³-hybridized carbons (Fsp3) is 0.0909. The summed E-state index contributed by atoms with van der Waals surface area (Å²) in [7, 11) is 0. The summed E-state index contributed by atoms with van der Waals surface area (Å²) in [6.45, 7) is 0.114. The smallest absolute Gasteiger partial charge is 0.0780 e. The lowest BCUT2D eigenvalue weighted by Crippen LogP contribution is -1.81. The third kappa shape index (κ3) is 1.90. The molecule has 2 rings (SSSR count). The van der Waals surface area contributed by atoms with Crippen molar-refractivity contribution in [3.05, 3.63) is 45.1 Å². The Balaban J connectivity index is 2.44. The summed E-state index contributed by atoms with van der Waals surface area (Å²) in [6.07, 6.45) is 0. The first-order valence-corrected chi connectivity index (χ1v) is 5.91. The van der Waals surface area contributed by atoms with Crippen LogP contribution >= 0.6 is 27.3 Å². The van der Waals surface area contributed by atoms with E-state index in [9.17, 15) is 0 Å². The second-order valence-electron chi connectivity index (χ2n) is 2.92. The normalized spacial score (nSPS) is 10.4. The van der Waals surface area contributed by atoms with Crippen molar-refractivity contribution in [2.24, 2.45) is 0 Å². The zero-order chi connectivity index (χ0) is 9.97. The van der Waals surface area contributed by atoms with E-state index in [4.69, 9.17) is 5.11 Å². The average molecular weight is 269 g/mol. The maximum Gasteiger partial charge on any atom is 0.0780 e. The zero-order valence-corrected chi connectivity index (χ0v) is 9.81. The van der Waals surface area contributed by atoms with Crippen molar-refractivity contribution >= 4 is 27.3 Å². The first-order chi connectivity index (χ1) is 6.81. The van der Waals surface area contributed by atoms with Crippen LogP contribution in [0.2, 0.25) is 0 Å². The fourth-order valence-electron chi connectivity index (χ4n) is 1.35. The molecule has 14 heavy (non-hydrogen) atoms. The van der Waals surface area contributed by atoms with Crippen molar-refractivity contribution in [2.45, 2.75) is 6.61 Å². The molecule has 72 valence electrons. The third-order valence-electron chi connectivity index (χ3n) is 2.04. The van der Waals surface area contributed by atoms with Crippen molar-refractivity contribution in [1.29, 1.82) is 0 Å². The van der Waals surface area contributed by atoms with E-state index >= 15 is 0 Å². The first kappa shape index (κ1) is 9.90. The predicted octanol–water partition coefficient (Wildman–Crippen LogP) is 3.67. The number of benzene rings is 1. The van der Waals surface area contributed by atoms with Crippen LogP contribution < -0.4 is 0 Å². The molecule has 0 aliphatic carbocycles. The van der Waals surface area contributed by atoms with Gasteiger partial charge in [0.25, 0.3) is 0 Å². The van der Waals surface area contributed by atoms with Crippen LogP contribution in [0.3, 0.4) is 0 Å². The van der Waals surface area contributed by atoms with Gasteiger partial charge in [0.2, 0.25) is 0 Å². The van der Waals surface area contributed by atoms with Gasteiger partial charge in [0.15, 0.2) is 0 Å². The molecule has 0 bridgehead atoms. The van der Waals surface area contributed by atoms with E-state index < -0.39 is 0 Å². The monoisotopic (exact) mass is 268 g/mol. The zero-order valence-electron chi connectivity index (χ0n) is 7.40. The highest BCUT2D eigenvalue weighted by molar-refractivity contribution is 9.10. The van der Waals surface area contributed by atoms with Crippen molar-refractivity contribution in [1.82, 2.24) is 0 Å². The van der Waals surface area contributed by atoms with Crippen LogP contribution in [0.5, 0.6) is 0 Å². The van der Waals surface area contributed by atoms with E-state index in [1.54, 1.807) is 11.3 Å². The molecule has 0 fully saturated rings. The minimum atomic E-state index is 0.114. The molecule has 0 unspecified atom stereocenters. The Morgan fingerprint density at radius 1 is 1.14 bits per heavy atom. The number of thiophene rings is 1. The summed E-state index contributed by atoms with van der Waals surface area (Å²) in [4.78, 5) is 1.02. The lowest BCUT2D eigenvalue weighted by atomic mass is 10.1. The van der Waals surface area contributed by atoms with Gasteiger partial charge in [-0.05, 0) is 34.7 Å². The minimum Gasteiger partial charge on any atom is -0.391 e. The van der Waals surface area contributed by atoms with E-state index in [1.807, 2.05) is 35.7 Å². The van der Waals surface area contributed by atoms with Gasteiger partial charge in [-0.25, -0.2) is 0 Å². The maximum atomic E-state index is 9.12. The molecule has 0 saturated heterocycles. The predicted molar refractivity (Wildman–Crippen MR) is 63.4 cm³/mol. The summed E-state index contributed by atoms with van der Waals surface area (Å²) >= 11 is 4.98. The van der Waals surface area contributed by atoms with Crippen LogP contribution in [0.15, 0.2) is 40.2 Å². The molecule has 1 heterocycles. The van der Waals surface area contributed by atoms with Crippen molar-refractivity contribution in [3.63, 3.8) is 0 Å². The fourth-order valence-corrected chi connectivity index (χ4v) is 2.37. The van der Waals surface area contributed by atoms with Gasteiger partial charge in [0.05, 0.1) is 6.61 Å². The van der Waals surface area contributed by atoms with Crippen molar-refractivity contribution in [3.8, 4) is 11.1 Å². The Hall–Kier alpha value is -0.640. The maximum absolute atomic E-state index is 9.12. The van der Waals surface area contributed by atoms with Gasteiger partial charge in [0, 0.05) is 9.35 Å². The molecule has 1 aromatic heterocycles. The quantitative estimate of drug-likeness (QED) is 0.881. The average Bonchev–Trinajstić information content (AvgIpc) is 2.67. The lowest BCUT2D eigenvalue weighted by molar-refractivity contribution is 0.286. The second-order valence-corrected chi connectivity index (χ2v) is 4.84. The Kier molecular flexibility index (Phi) is 3.01. The van der Waals surface area contributed by atoms with Crippen LogP contribution in [-0.4, -0.2) is 5.11 Å². The molecular weight excluding hydrogens is 260 g/mol. The van der Waals surface area contributed by atoms with Gasteiger partial charge >= 0.3 is 0 Å². The topological polar surface area (TPSA) is 20.2 Å². The summed E-state index contributed by atoms with van der Waals surface area (Å²) in [5.74, 6) is 0. The van der Waals surface area contributed by atoms with Crippen LogP contribution in [0, 0.1) is 0 Å². The lowest BCUT2D eigenvalue weighted by Gasteiger charge is -2.01. The highest BCUT2D eigenvalue weighted by Gasteiger charge is 2.04. The SMILES string of the molecule is OCc1sccc1-c1ccc(Br)cc1. The van der Waals surface area contributed by atoms with E-state index in [2.05, 4.69) is 15.9 Å². The van der Waals surface area contributed by atoms with Crippen LogP contribution in [0.1, 0.15) is 4.88 Å². The molecule has 0 saturated carbocycles. The van der Waals surface area contributed by atoms with Crippen LogP contribution in [-0.2, 0) is 6.61 Å². The van der Waals surface area contributed by atoms with E-state index in [-0.39, 0.29) is 6.61 Å². The molecule has 0 aliphatic rings. The first-order valence-electron chi connectivity index (χ1n) is 4.24. The molecule has 1 N–H and O–H groups in total. The number of aliphatic hydroxyl groups excluding tert-OH is 1. The molecule has 1 nitrogen and oxygen atoms in total. The number of hydrogen-bond donors (Lipinski definition) is 1. The molecule has 0 spiro atoms. The summed E-state index contributed by atoms with van der Waals surface area (Å²) in [5, 5.41) is 11.1. The molecule has 0 aliphatic heterocycles. The Morgan fingerprint density at radius 3 is 2.50 bits per heavy atom. The number of hydrogen-bond acceptors (Lipinski definition) is 2. The highest BCUT2D eigenvalue weighted by Crippen LogP contribution is 2.29. The molecular formula is C11H9BrOS. The Labute approximate surface area is 95.2 Å². The summed E-state index contributed by atoms with van der Waals surface area (Å²) in [5.41, 5.74) is 2.28. The molecule has 3 heteroatoms. The Morgan fingerprint density at radius 2 is 1.86 bits per heavy atom. The number of halogens is 1. The van der Waals surface area contributed by atoms with Gasteiger partial charge in [-0.1, -0.05) is 28.1 Å². The standard InChI is InChI=1S/C11H9BrOS/c12-9-3-1-8(2-4-9)10-5-6-14-11(10)7-13/h1-6,13H,7H2. The van der Waals surface area contributed by atoms with Gasteiger partial charge in [-0.2, -0.15) is 0 Å². The van der Waals surface area contributed by atoms with Gasteiger partial charge in [-0.3, -0.25) is 0 Å². The van der Waals surface area contributed by atoms with E-state index in [0.717, 1.165) is 20.5 Å². The van der Waals surface area contributed by atoms with E-state index in [1.165, 1.54) is 0 Å².